The van der Waals surface area contributed by atoms with Crippen molar-refractivity contribution in [1.29, 1.82) is 0 Å². The van der Waals surface area contributed by atoms with Crippen LogP contribution in [0.15, 0.2) is 0 Å². The van der Waals surface area contributed by atoms with E-state index in [1.165, 1.54) is 6.42 Å². The summed E-state index contributed by atoms with van der Waals surface area (Å²) in [5.74, 6) is 0.631. The van der Waals surface area contributed by atoms with Gasteiger partial charge in [-0.25, -0.2) is 0 Å². The van der Waals surface area contributed by atoms with Gasteiger partial charge < -0.3 is 10.1 Å². The molecule has 0 heterocycles. The molecule has 0 saturated heterocycles. The lowest BCUT2D eigenvalue weighted by atomic mass is 10.2. The fourth-order valence-corrected chi connectivity index (χ4v) is 0.927. The first-order valence-electron chi connectivity index (χ1n) is 5.41. The van der Waals surface area contributed by atoms with Crippen LogP contribution < -0.4 is 5.32 Å². The molecule has 0 fully saturated rings. The maximum atomic E-state index is 5.64. The first kappa shape index (κ1) is 12.9. The van der Waals surface area contributed by atoms with E-state index in [1.807, 2.05) is 0 Å². The normalized spacial score (nSPS) is 16.2. The summed E-state index contributed by atoms with van der Waals surface area (Å²) in [7, 11) is 0. The Kier molecular flexibility index (Phi) is 7.29. The Morgan fingerprint density at radius 2 is 1.77 bits per heavy atom. The maximum Gasteiger partial charge on any atom is 0.0671 e. The van der Waals surface area contributed by atoms with E-state index >= 15 is 0 Å². The van der Waals surface area contributed by atoms with Gasteiger partial charge in [0, 0.05) is 19.2 Å². The average Bonchev–Trinajstić information content (AvgIpc) is 2.10. The van der Waals surface area contributed by atoms with Gasteiger partial charge >= 0.3 is 0 Å². The SMILES string of the molecule is CCC(C)NCC(C)OCC(C)C. The van der Waals surface area contributed by atoms with Crippen LogP contribution in [0.2, 0.25) is 0 Å². The molecule has 0 aliphatic heterocycles. The highest BCUT2D eigenvalue weighted by Crippen LogP contribution is 1.97. The van der Waals surface area contributed by atoms with E-state index in [2.05, 4.69) is 39.9 Å². The van der Waals surface area contributed by atoms with Crippen molar-refractivity contribution in [3.8, 4) is 0 Å². The summed E-state index contributed by atoms with van der Waals surface area (Å²) in [5.41, 5.74) is 0. The van der Waals surface area contributed by atoms with Crippen molar-refractivity contribution in [2.24, 2.45) is 5.92 Å². The number of nitrogens with one attached hydrogen (secondary N) is 1. The second-order valence-electron chi connectivity index (χ2n) is 4.26. The van der Waals surface area contributed by atoms with Crippen LogP contribution in [0.3, 0.4) is 0 Å². The molecule has 2 unspecified atom stereocenters. The van der Waals surface area contributed by atoms with Gasteiger partial charge in [-0.05, 0) is 26.2 Å². The lowest BCUT2D eigenvalue weighted by Crippen LogP contribution is -2.33. The standard InChI is InChI=1S/C11H25NO/c1-6-10(4)12-7-11(5)13-8-9(2)3/h9-12H,6-8H2,1-5H3. The molecule has 13 heavy (non-hydrogen) atoms. The molecule has 0 radical (unpaired) electrons. The molecule has 2 nitrogen and oxygen atoms in total. The van der Waals surface area contributed by atoms with Crippen LogP contribution >= 0.6 is 0 Å². The second-order valence-corrected chi connectivity index (χ2v) is 4.26. The molecule has 0 spiro atoms. The van der Waals surface area contributed by atoms with Crippen molar-refractivity contribution in [2.75, 3.05) is 13.2 Å². The zero-order valence-corrected chi connectivity index (χ0v) is 9.76. The fraction of sp³-hybridized carbons (Fsp3) is 1.00. The molecular weight excluding hydrogens is 162 g/mol. The van der Waals surface area contributed by atoms with Gasteiger partial charge in [-0.2, -0.15) is 0 Å². The molecular formula is C11H25NO. The van der Waals surface area contributed by atoms with Gasteiger partial charge in [-0.15, -0.1) is 0 Å². The minimum absolute atomic E-state index is 0.330. The minimum atomic E-state index is 0.330. The maximum absolute atomic E-state index is 5.64. The molecule has 80 valence electrons. The first-order chi connectivity index (χ1) is 6.06. The van der Waals surface area contributed by atoms with Gasteiger partial charge in [0.15, 0.2) is 0 Å². The fourth-order valence-electron chi connectivity index (χ4n) is 0.927. The highest BCUT2D eigenvalue weighted by Gasteiger charge is 2.04. The van der Waals surface area contributed by atoms with Gasteiger partial charge in [0.25, 0.3) is 0 Å². The predicted molar refractivity (Wildman–Crippen MR) is 58.0 cm³/mol. The number of rotatable bonds is 7. The summed E-state index contributed by atoms with van der Waals surface area (Å²) >= 11 is 0. The van der Waals surface area contributed by atoms with E-state index < -0.39 is 0 Å². The molecule has 0 bridgehead atoms. The predicted octanol–water partition coefficient (Wildman–Crippen LogP) is 2.44. The van der Waals surface area contributed by atoms with Crippen LogP contribution in [0.5, 0.6) is 0 Å². The van der Waals surface area contributed by atoms with Crippen LogP contribution in [0, 0.1) is 5.92 Å². The third-order valence-electron chi connectivity index (χ3n) is 2.08. The van der Waals surface area contributed by atoms with Crippen molar-refractivity contribution in [3.05, 3.63) is 0 Å². The van der Waals surface area contributed by atoms with E-state index in [1.54, 1.807) is 0 Å². The van der Waals surface area contributed by atoms with Crippen molar-refractivity contribution in [1.82, 2.24) is 5.32 Å². The molecule has 0 saturated carbocycles. The Hall–Kier alpha value is -0.0800. The molecule has 0 aromatic carbocycles. The number of hydrogen-bond acceptors (Lipinski definition) is 2. The van der Waals surface area contributed by atoms with Crippen molar-refractivity contribution in [2.45, 2.75) is 53.2 Å². The zero-order chi connectivity index (χ0) is 10.3. The van der Waals surface area contributed by atoms with E-state index in [0.29, 0.717) is 18.1 Å². The van der Waals surface area contributed by atoms with E-state index in [-0.39, 0.29) is 0 Å². The Morgan fingerprint density at radius 3 is 2.23 bits per heavy atom. The van der Waals surface area contributed by atoms with Gasteiger partial charge in [-0.1, -0.05) is 20.8 Å². The summed E-state index contributed by atoms with van der Waals surface area (Å²) in [6.45, 7) is 12.7. The van der Waals surface area contributed by atoms with Crippen molar-refractivity contribution < 1.29 is 4.74 Å². The van der Waals surface area contributed by atoms with E-state index in [4.69, 9.17) is 4.74 Å². The van der Waals surface area contributed by atoms with Crippen molar-refractivity contribution >= 4 is 0 Å². The van der Waals surface area contributed by atoms with Gasteiger partial charge in [0.2, 0.25) is 0 Å². The Morgan fingerprint density at radius 1 is 1.15 bits per heavy atom. The van der Waals surface area contributed by atoms with Crippen molar-refractivity contribution in [3.63, 3.8) is 0 Å². The van der Waals surface area contributed by atoms with Crippen LogP contribution in [0.4, 0.5) is 0 Å². The Bertz CT molecular complexity index is 115. The Balaban J connectivity index is 3.34. The number of ether oxygens (including phenoxy) is 1. The minimum Gasteiger partial charge on any atom is -0.377 e. The molecule has 0 aliphatic rings. The highest BCUT2D eigenvalue weighted by atomic mass is 16.5. The summed E-state index contributed by atoms with van der Waals surface area (Å²) in [6, 6.07) is 0.602. The number of hydrogen-bond donors (Lipinski definition) is 1. The largest absolute Gasteiger partial charge is 0.377 e. The monoisotopic (exact) mass is 187 g/mol. The second kappa shape index (κ2) is 7.34. The molecule has 1 N–H and O–H groups in total. The lowest BCUT2D eigenvalue weighted by Gasteiger charge is -2.18. The molecule has 0 aliphatic carbocycles. The van der Waals surface area contributed by atoms with E-state index in [0.717, 1.165) is 13.2 Å². The van der Waals surface area contributed by atoms with Gasteiger partial charge in [-0.3, -0.25) is 0 Å². The lowest BCUT2D eigenvalue weighted by molar-refractivity contribution is 0.0463. The topological polar surface area (TPSA) is 21.3 Å². The molecule has 0 rings (SSSR count). The molecule has 0 aromatic rings. The van der Waals surface area contributed by atoms with Crippen LogP contribution in [0.1, 0.15) is 41.0 Å². The van der Waals surface area contributed by atoms with Crippen LogP contribution in [-0.2, 0) is 4.74 Å². The van der Waals surface area contributed by atoms with Gasteiger partial charge in [0.1, 0.15) is 0 Å². The van der Waals surface area contributed by atoms with E-state index in [9.17, 15) is 0 Å². The van der Waals surface area contributed by atoms with Crippen LogP contribution in [-0.4, -0.2) is 25.3 Å². The highest BCUT2D eigenvalue weighted by molar-refractivity contribution is 4.61. The smallest absolute Gasteiger partial charge is 0.0671 e. The third-order valence-corrected chi connectivity index (χ3v) is 2.08. The van der Waals surface area contributed by atoms with Gasteiger partial charge in [0.05, 0.1) is 6.10 Å². The quantitative estimate of drug-likeness (QED) is 0.661. The molecule has 0 aromatic heterocycles. The first-order valence-corrected chi connectivity index (χ1v) is 5.41. The summed E-state index contributed by atoms with van der Waals surface area (Å²) < 4.78 is 5.64. The summed E-state index contributed by atoms with van der Waals surface area (Å²) in [4.78, 5) is 0. The average molecular weight is 187 g/mol. The molecule has 2 heteroatoms. The van der Waals surface area contributed by atoms with Crippen LogP contribution in [0.25, 0.3) is 0 Å². The molecule has 2 atom stereocenters. The summed E-state index contributed by atoms with van der Waals surface area (Å²) in [5, 5.41) is 3.43. The third kappa shape index (κ3) is 8.26. The Labute approximate surface area is 83.1 Å². The summed E-state index contributed by atoms with van der Waals surface area (Å²) in [6.07, 6.45) is 1.51. The zero-order valence-electron chi connectivity index (χ0n) is 9.76. The molecule has 0 amide bonds.